The van der Waals surface area contributed by atoms with Gasteiger partial charge in [0.1, 0.15) is 11.8 Å². The first-order valence-electron chi connectivity index (χ1n) is 4.49. The topological polar surface area (TPSA) is 116 Å². The van der Waals surface area contributed by atoms with E-state index < -0.39 is 24.0 Å². The Balaban J connectivity index is 2.32. The molecule has 2 aliphatic heterocycles. The Bertz CT molecular complexity index is 451. The van der Waals surface area contributed by atoms with Crippen molar-refractivity contribution in [2.75, 3.05) is 7.11 Å². The van der Waals surface area contributed by atoms with Crippen LogP contribution < -0.4 is 0 Å². The lowest BCUT2D eigenvalue weighted by molar-refractivity contribution is -0.149. The highest BCUT2D eigenvalue weighted by Crippen LogP contribution is 2.40. The van der Waals surface area contributed by atoms with E-state index in [9.17, 15) is 9.59 Å². The lowest BCUT2D eigenvalue weighted by atomic mass is 9.96. The Labute approximate surface area is 89.7 Å². The standard InChI is InChI=1S/C8H8N4O4/c1-16-4-2-3-5(10-11-9)7(13)12(3)6(4)8(14)15/h3,5H,2H2,1H3,(H,14,15). The number of ether oxygens (including phenoxy) is 1. The lowest BCUT2D eigenvalue weighted by Gasteiger charge is -2.40. The summed E-state index contributed by atoms with van der Waals surface area (Å²) in [7, 11) is 1.34. The Morgan fingerprint density at radius 2 is 2.44 bits per heavy atom. The van der Waals surface area contributed by atoms with Crippen LogP contribution in [-0.4, -0.2) is 41.1 Å². The van der Waals surface area contributed by atoms with Gasteiger partial charge in [0.05, 0.1) is 13.2 Å². The van der Waals surface area contributed by atoms with Gasteiger partial charge in [-0.1, -0.05) is 5.11 Å². The summed E-state index contributed by atoms with van der Waals surface area (Å²) in [6.07, 6.45) is 0.271. The molecule has 0 aromatic carbocycles. The van der Waals surface area contributed by atoms with Gasteiger partial charge in [-0.15, -0.1) is 0 Å². The molecule has 0 spiro atoms. The number of methoxy groups -OCH3 is 1. The number of carbonyl (C=O) groups is 2. The Morgan fingerprint density at radius 1 is 1.75 bits per heavy atom. The van der Waals surface area contributed by atoms with Crippen LogP contribution in [0.25, 0.3) is 10.4 Å². The second kappa shape index (κ2) is 3.42. The van der Waals surface area contributed by atoms with Crippen LogP contribution in [0.2, 0.25) is 0 Å². The number of nitrogens with zero attached hydrogens (tertiary/aromatic N) is 4. The Kier molecular flexibility index (Phi) is 2.21. The van der Waals surface area contributed by atoms with Crippen molar-refractivity contribution < 1.29 is 19.4 Å². The highest BCUT2D eigenvalue weighted by Gasteiger charge is 2.55. The van der Waals surface area contributed by atoms with Crippen LogP contribution in [0.15, 0.2) is 16.6 Å². The van der Waals surface area contributed by atoms with Crippen molar-refractivity contribution in [2.45, 2.75) is 18.5 Å². The first kappa shape index (κ1) is 10.3. The summed E-state index contributed by atoms with van der Waals surface area (Å²) in [6.45, 7) is 0. The third-order valence-electron chi connectivity index (χ3n) is 2.71. The van der Waals surface area contributed by atoms with E-state index >= 15 is 0 Å². The average molecular weight is 224 g/mol. The number of hydrogen-bond donors (Lipinski definition) is 1. The molecule has 0 aromatic rings. The molecule has 16 heavy (non-hydrogen) atoms. The summed E-state index contributed by atoms with van der Waals surface area (Å²) in [6, 6.07) is -1.23. The summed E-state index contributed by atoms with van der Waals surface area (Å²) in [5, 5.41) is 12.3. The maximum atomic E-state index is 11.5. The molecule has 1 fully saturated rings. The van der Waals surface area contributed by atoms with Crippen molar-refractivity contribution in [2.24, 2.45) is 5.11 Å². The van der Waals surface area contributed by atoms with Crippen molar-refractivity contribution in [3.8, 4) is 0 Å². The van der Waals surface area contributed by atoms with Gasteiger partial charge in [0.2, 0.25) is 5.91 Å². The number of rotatable bonds is 3. The molecule has 0 bridgehead atoms. The van der Waals surface area contributed by atoms with E-state index in [1.54, 1.807) is 0 Å². The molecule has 2 rings (SSSR count). The molecule has 1 amide bonds. The zero-order valence-electron chi connectivity index (χ0n) is 8.32. The minimum Gasteiger partial charge on any atom is -0.499 e. The number of azide groups is 1. The SMILES string of the molecule is COC1=C(C(=O)O)N2C(=O)C(N=[N+]=[N-])C2C1. The predicted octanol–water partition coefficient (Wildman–Crippen LogP) is 0.222. The molecule has 2 unspecified atom stereocenters. The van der Waals surface area contributed by atoms with Gasteiger partial charge in [-0.3, -0.25) is 9.69 Å². The third-order valence-corrected chi connectivity index (χ3v) is 2.71. The van der Waals surface area contributed by atoms with Crippen LogP contribution in [0, 0.1) is 0 Å². The summed E-state index contributed by atoms with van der Waals surface area (Å²) in [5.74, 6) is -1.47. The lowest BCUT2D eigenvalue weighted by Crippen LogP contribution is -2.61. The first-order valence-corrected chi connectivity index (χ1v) is 4.49. The van der Waals surface area contributed by atoms with Crippen LogP contribution in [0.5, 0.6) is 0 Å². The van der Waals surface area contributed by atoms with Crippen LogP contribution in [0.1, 0.15) is 6.42 Å². The molecule has 0 saturated carbocycles. The van der Waals surface area contributed by atoms with E-state index in [4.69, 9.17) is 15.4 Å². The van der Waals surface area contributed by atoms with Gasteiger partial charge in [0.25, 0.3) is 0 Å². The number of β-lactam (4-membered cyclic amide) rings is 1. The number of hydrogen-bond acceptors (Lipinski definition) is 4. The van der Waals surface area contributed by atoms with Gasteiger partial charge in [0, 0.05) is 11.3 Å². The monoisotopic (exact) mass is 224 g/mol. The highest BCUT2D eigenvalue weighted by molar-refractivity contribution is 6.00. The second-order valence-corrected chi connectivity index (χ2v) is 3.41. The van der Waals surface area contributed by atoms with Crippen LogP contribution in [0.3, 0.4) is 0 Å². The predicted molar refractivity (Wildman–Crippen MR) is 49.9 cm³/mol. The van der Waals surface area contributed by atoms with Crippen molar-refractivity contribution in [1.82, 2.24) is 4.90 Å². The quantitative estimate of drug-likeness (QED) is 0.319. The van der Waals surface area contributed by atoms with Crippen molar-refractivity contribution in [1.29, 1.82) is 0 Å². The normalized spacial score (nSPS) is 27.1. The number of carboxylic acids is 1. The van der Waals surface area contributed by atoms with E-state index in [-0.39, 0.29) is 17.9 Å². The Morgan fingerprint density at radius 3 is 2.94 bits per heavy atom. The van der Waals surface area contributed by atoms with E-state index in [2.05, 4.69) is 10.0 Å². The molecule has 2 aliphatic rings. The summed E-state index contributed by atoms with van der Waals surface area (Å²) < 4.78 is 4.91. The maximum absolute atomic E-state index is 11.5. The number of carbonyl (C=O) groups excluding carboxylic acids is 1. The molecule has 1 N–H and O–H groups in total. The fourth-order valence-corrected chi connectivity index (χ4v) is 2.01. The highest BCUT2D eigenvalue weighted by atomic mass is 16.5. The molecule has 2 atom stereocenters. The van der Waals surface area contributed by atoms with Crippen molar-refractivity contribution in [3.05, 3.63) is 21.9 Å². The molecule has 1 saturated heterocycles. The zero-order valence-corrected chi connectivity index (χ0v) is 8.32. The van der Waals surface area contributed by atoms with Crippen LogP contribution in [-0.2, 0) is 14.3 Å². The fourth-order valence-electron chi connectivity index (χ4n) is 2.01. The van der Waals surface area contributed by atoms with Crippen molar-refractivity contribution >= 4 is 11.9 Å². The molecule has 8 heteroatoms. The summed E-state index contributed by atoms with van der Waals surface area (Å²) in [5.41, 5.74) is 8.11. The molecule has 0 aromatic heterocycles. The van der Waals surface area contributed by atoms with Crippen LogP contribution >= 0.6 is 0 Å². The molecule has 0 radical (unpaired) electrons. The third kappa shape index (κ3) is 1.13. The summed E-state index contributed by atoms with van der Waals surface area (Å²) >= 11 is 0. The maximum Gasteiger partial charge on any atom is 0.356 e. The van der Waals surface area contributed by atoms with Crippen LogP contribution in [0.4, 0.5) is 0 Å². The molecular weight excluding hydrogens is 216 g/mol. The number of aliphatic carboxylic acids is 1. The van der Waals surface area contributed by atoms with Crippen molar-refractivity contribution in [3.63, 3.8) is 0 Å². The fraction of sp³-hybridized carbons (Fsp3) is 0.500. The van der Waals surface area contributed by atoms with E-state index in [0.29, 0.717) is 0 Å². The number of fused-ring (bicyclic) bond motifs is 1. The molecular formula is C8H8N4O4. The van der Waals surface area contributed by atoms with Gasteiger partial charge >= 0.3 is 5.97 Å². The molecule has 84 valence electrons. The molecule has 2 heterocycles. The number of amides is 1. The second-order valence-electron chi connectivity index (χ2n) is 3.41. The van der Waals surface area contributed by atoms with E-state index in [1.807, 2.05) is 0 Å². The Hall–Kier alpha value is -2.21. The smallest absolute Gasteiger partial charge is 0.356 e. The van der Waals surface area contributed by atoms with E-state index in [1.165, 1.54) is 7.11 Å². The summed E-state index contributed by atoms with van der Waals surface area (Å²) in [4.78, 5) is 26.1. The average Bonchev–Trinajstić information content (AvgIpc) is 2.61. The largest absolute Gasteiger partial charge is 0.499 e. The van der Waals surface area contributed by atoms with Gasteiger partial charge in [-0.25, -0.2) is 4.79 Å². The minimum absolute atomic E-state index is 0.151. The van der Waals surface area contributed by atoms with Gasteiger partial charge < -0.3 is 9.84 Å². The minimum atomic E-state index is -1.22. The molecule has 8 nitrogen and oxygen atoms in total. The number of carboxylic acid groups (broad SMARTS) is 1. The zero-order chi connectivity index (χ0) is 11.9. The molecule has 0 aliphatic carbocycles. The first-order chi connectivity index (χ1) is 7.61. The van der Waals surface area contributed by atoms with Gasteiger partial charge in [-0.2, -0.15) is 0 Å². The van der Waals surface area contributed by atoms with Gasteiger partial charge in [0.15, 0.2) is 5.70 Å². The van der Waals surface area contributed by atoms with E-state index in [0.717, 1.165) is 4.90 Å². The van der Waals surface area contributed by atoms with Gasteiger partial charge in [-0.05, 0) is 5.53 Å².